The minimum absolute atomic E-state index is 0.00105. The van der Waals surface area contributed by atoms with Gasteiger partial charge in [0, 0.05) is 24.2 Å². The van der Waals surface area contributed by atoms with Crippen LogP contribution in [0.4, 0.5) is 5.69 Å². The van der Waals surface area contributed by atoms with Crippen LogP contribution in [0.3, 0.4) is 0 Å². The van der Waals surface area contributed by atoms with Gasteiger partial charge in [-0.3, -0.25) is 14.9 Å². The van der Waals surface area contributed by atoms with Crippen LogP contribution in [-0.2, 0) is 4.79 Å². The summed E-state index contributed by atoms with van der Waals surface area (Å²) in [6.07, 6.45) is 0. The first-order chi connectivity index (χ1) is 12.2. The van der Waals surface area contributed by atoms with Crippen LogP contribution in [0.2, 0.25) is 5.02 Å². The molecule has 1 amide bonds. The number of nitrogens with zero attached hydrogens (tertiary/aromatic N) is 2. The maximum absolute atomic E-state index is 12.5. The molecule has 2 aromatic carbocycles. The van der Waals surface area contributed by atoms with Crippen molar-refractivity contribution in [3.05, 3.63) is 68.2 Å². The minimum Gasteiger partial charge on any atom is -0.483 e. The highest BCUT2D eigenvalue weighted by atomic mass is 35.5. The maximum atomic E-state index is 12.5. The SMILES string of the molecule is Cc1cc(Cl)cc(C)c1OCC(=O)N(C)[C@@H](C)c1cccc([N+](=O)[O-])c1. The number of carbonyl (C=O) groups is 1. The molecule has 0 heterocycles. The van der Waals surface area contributed by atoms with Crippen LogP contribution >= 0.6 is 11.6 Å². The van der Waals surface area contributed by atoms with Gasteiger partial charge in [0.2, 0.25) is 0 Å². The van der Waals surface area contributed by atoms with Gasteiger partial charge in [0.1, 0.15) is 5.75 Å². The van der Waals surface area contributed by atoms with Gasteiger partial charge in [0.15, 0.2) is 6.61 Å². The Hall–Kier alpha value is -2.60. The fraction of sp³-hybridized carbons (Fsp3) is 0.316. The maximum Gasteiger partial charge on any atom is 0.269 e. The average Bonchev–Trinajstić information content (AvgIpc) is 2.59. The molecule has 0 N–H and O–H groups in total. The molecule has 0 unspecified atom stereocenters. The molecule has 0 aromatic heterocycles. The molecule has 6 nitrogen and oxygen atoms in total. The Morgan fingerprint density at radius 3 is 2.46 bits per heavy atom. The molecule has 138 valence electrons. The first-order valence-corrected chi connectivity index (χ1v) is 8.48. The highest BCUT2D eigenvalue weighted by Crippen LogP contribution is 2.27. The third kappa shape index (κ3) is 4.52. The summed E-state index contributed by atoms with van der Waals surface area (Å²) in [4.78, 5) is 24.5. The van der Waals surface area contributed by atoms with Gasteiger partial charge < -0.3 is 9.64 Å². The van der Waals surface area contributed by atoms with Gasteiger partial charge >= 0.3 is 0 Å². The molecule has 26 heavy (non-hydrogen) atoms. The lowest BCUT2D eigenvalue weighted by atomic mass is 10.1. The highest BCUT2D eigenvalue weighted by molar-refractivity contribution is 6.30. The third-order valence-electron chi connectivity index (χ3n) is 4.30. The lowest BCUT2D eigenvalue weighted by molar-refractivity contribution is -0.384. The van der Waals surface area contributed by atoms with Crippen molar-refractivity contribution in [1.82, 2.24) is 4.90 Å². The summed E-state index contributed by atoms with van der Waals surface area (Å²) in [6, 6.07) is 9.51. The lowest BCUT2D eigenvalue weighted by Crippen LogP contribution is -2.33. The van der Waals surface area contributed by atoms with E-state index < -0.39 is 4.92 Å². The fourth-order valence-corrected chi connectivity index (χ4v) is 3.03. The first-order valence-electron chi connectivity index (χ1n) is 8.10. The van der Waals surface area contributed by atoms with Crippen LogP contribution in [0.1, 0.15) is 29.7 Å². The van der Waals surface area contributed by atoms with E-state index in [2.05, 4.69) is 0 Å². The summed E-state index contributed by atoms with van der Waals surface area (Å²) < 4.78 is 5.70. The third-order valence-corrected chi connectivity index (χ3v) is 4.52. The van der Waals surface area contributed by atoms with E-state index in [1.807, 2.05) is 20.8 Å². The molecule has 7 heteroatoms. The fourth-order valence-electron chi connectivity index (χ4n) is 2.70. The number of ether oxygens (including phenoxy) is 1. The zero-order chi connectivity index (χ0) is 19.4. The van der Waals surface area contributed by atoms with Crippen molar-refractivity contribution in [3.63, 3.8) is 0 Å². The van der Waals surface area contributed by atoms with Gasteiger partial charge in [-0.15, -0.1) is 0 Å². The van der Waals surface area contributed by atoms with Gasteiger partial charge in [0.05, 0.1) is 11.0 Å². The van der Waals surface area contributed by atoms with E-state index >= 15 is 0 Å². The second-order valence-electron chi connectivity index (χ2n) is 6.19. The normalized spacial score (nSPS) is 11.7. The summed E-state index contributed by atoms with van der Waals surface area (Å²) >= 11 is 6.00. The van der Waals surface area contributed by atoms with Crippen molar-refractivity contribution >= 4 is 23.2 Å². The van der Waals surface area contributed by atoms with Crippen molar-refractivity contribution in [1.29, 1.82) is 0 Å². The molecule has 0 aliphatic carbocycles. The molecule has 2 aromatic rings. The van der Waals surface area contributed by atoms with Crippen molar-refractivity contribution < 1.29 is 14.5 Å². The number of hydrogen-bond donors (Lipinski definition) is 0. The molecule has 0 saturated carbocycles. The number of aryl methyl sites for hydroxylation is 2. The number of nitro benzene ring substituents is 1. The molecular weight excluding hydrogens is 356 g/mol. The number of non-ortho nitro benzene ring substituents is 1. The second-order valence-corrected chi connectivity index (χ2v) is 6.63. The number of halogens is 1. The topological polar surface area (TPSA) is 72.7 Å². The van der Waals surface area contributed by atoms with E-state index in [4.69, 9.17) is 16.3 Å². The molecule has 0 radical (unpaired) electrons. The molecule has 0 aliphatic rings. The average molecular weight is 377 g/mol. The van der Waals surface area contributed by atoms with E-state index in [0.717, 1.165) is 11.1 Å². The van der Waals surface area contributed by atoms with Gasteiger partial charge in [-0.1, -0.05) is 23.7 Å². The van der Waals surface area contributed by atoms with Gasteiger partial charge in [-0.05, 0) is 49.6 Å². The predicted octanol–water partition coefficient (Wildman–Crippen LogP) is 4.46. The number of amides is 1. The molecule has 2 rings (SSSR count). The summed E-state index contributed by atoms with van der Waals surface area (Å²) in [6.45, 7) is 5.43. The van der Waals surface area contributed by atoms with Crippen LogP contribution in [0.15, 0.2) is 36.4 Å². The van der Waals surface area contributed by atoms with Crippen LogP contribution < -0.4 is 4.74 Å². The van der Waals surface area contributed by atoms with Crippen LogP contribution in [0.25, 0.3) is 0 Å². The van der Waals surface area contributed by atoms with E-state index in [9.17, 15) is 14.9 Å². The molecular formula is C19H21ClN2O4. The second kappa shape index (κ2) is 8.19. The quantitative estimate of drug-likeness (QED) is 0.551. The summed E-state index contributed by atoms with van der Waals surface area (Å²) in [5.74, 6) is 0.414. The molecule has 0 saturated heterocycles. The zero-order valence-electron chi connectivity index (χ0n) is 15.2. The monoisotopic (exact) mass is 376 g/mol. The Labute approximate surface area is 157 Å². The Kier molecular flexibility index (Phi) is 6.21. The Balaban J connectivity index is 2.08. The van der Waals surface area contributed by atoms with Crippen LogP contribution in [-0.4, -0.2) is 29.4 Å². The number of hydrogen-bond acceptors (Lipinski definition) is 4. The van der Waals surface area contributed by atoms with E-state index in [0.29, 0.717) is 16.3 Å². The zero-order valence-corrected chi connectivity index (χ0v) is 15.9. The van der Waals surface area contributed by atoms with Gasteiger partial charge in [-0.25, -0.2) is 0 Å². The van der Waals surface area contributed by atoms with Gasteiger partial charge in [-0.2, -0.15) is 0 Å². The standard InChI is InChI=1S/C19H21ClN2O4/c1-12-8-16(20)9-13(2)19(12)26-11-18(23)21(4)14(3)15-6-5-7-17(10-15)22(24)25/h5-10,14H,11H2,1-4H3/t14-/m0/s1. The van der Waals surface area contributed by atoms with Crippen LogP contribution in [0.5, 0.6) is 5.75 Å². The highest BCUT2D eigenvalue weighted by Gasteiger charge is 2.20. The number of nitro groups is 1. The Bertz CT molecular complexity index is 815. The van der Waals surface area contributed by atoms with Crippen molar-refractivity contribution in [2.45, 2.75) is 26.8 Å². The lowest BCUT2D eigenvalue weighted by Gasteiger charge is -2.25. The van der Waals surface area contributed by atoms with Gasteiger partial charge in [0.25, 0.3) is 11.6 Å². The molecule has 0 aliphatic heterocycles. The molecule has 0 bridgehead atoms. The summed E-state index contributed by atoms with van der Waals surface area (Å²) in [5.41, 5.74) is 2.40. The molecule has 1 atom stereocenters. The minimum atomic E-state index is -0.451. The van der Waals surface area contributed by atoms with Crippen LogP contribution in [0, 0.1) is 24.0 Å². The summed E-state index contributed by atoms with van der Waals surface area (Å²) in [7, 11) is 1.65. The number of rotatable bonds is 6. The van der Waals surface area contributed by atoms with E-state index in [-0.39, 0.29) is 24.2 Å². The first kappa shape index (κ1) is 19.7. The molecule has 0 spiro atoms. The van der Waals surface area contributed by atoms with E-state index in [1.54, 1.807) is 31.3 Å². The number of likely N-dealkylation sites (N-methyl/N-ethyl adjacent to an activating group) is 1. The number of benzene rings is 2. The summed E-state index contributed by atoms with van der Waals surface area (Å²) in [5, 5.41) is 11.5. The Morgan fingerprint density at radius 2 is 1.88 bits per heavy atom. The van der Waals surface area contributed by atoms with Crippen molar-refractivity contribution in [2.75, 3.05) is 13.7 Å². The predicted molar refractivity (Wildman–Crippen MR) is 101 cm³/mol. The van der Waals surface area contributed by atoms with Crippen molar-refractivity contribution in [2.24, 2.45) is 0 Å². The largest absolute Gasteiger partial charge is 0.483 e. The molecule has 0 fully saturated rings. The van der Waals surface area contributed by atoms with Crippen molar-refractivity contribution in [3.8, 4) is 5.75 Å². The number of carbonyl (C=O) groups excluding carboxylic acids is 1. The smallest absolute Gasteiger partial charge is 0.269 e. The Morgan fingerprint density at radius 1 is 1.27 bits per heavy atom. The van der Waals surface area contributed by atoms with E-state index in [1.165, 1.54) is 17.0 Å².